The molecule has 0 aliphatic heterocycles. The number of thioether (sulfide) groups is 1. The van der Waals surface area contributed by atoms with Crippen molar-refractivity contribution in [2.24, 2.45) is 10.7 Å². The molecule has 20 heavy (non-hydrogen) atoms. The zero-order valence-corrected chi connectivity index (χ0v) is 15.5. The average molecular weight is 407 g/mol. The van der Waals surface area contributed by atoms with E-state index >= 15 is 0 Å². The molecule has 0 fully saturated rings. The van der Waals surface area contributed by atoms with Gasteiger partial charge in [-0.25, -0.2) is 4.99 Å². The molecule has 1 aromatic rings. The summed E-state index contributed by atoms with van der Waals surface area (Å²) in [7, 11) is 0. The van der Waals surface area contributed by atoms with Gasteiger partial charge in [-0.2, -0.15) is 0 Å². The van der Waals surface area contributed by atoms with E-state index < -0.39 is 0 Å². The van der Waals surface area contributed by atoms with Gasteiger partial charge in [0.05, 0.1) is 6.54 Å². The van der Waals surface area contributed by atoms with Crippen molar-refractivity contribution in [3.8, 4) is 0 Å². The van der Waals surface area contributed by atoms with E-state index in [0.29, 0.717) is 12.5 Å². The lowest BCUT2D eigenvalue weighted by Crippen LogP contribution is -2.32. The summed E-state index contributed by atoms with van der Waals surface area (Å²) in [6, 6.07) is 8.43. The molecule has 5 heteroatoms. The van der Waals surface area contributed by atoms with Crippen LogP contribution < -0.4 is 11.1 Å². The molecule has 0 aromatic heterocycles. The van der Waals surface area contributed by atoms with Crippen LogP contribution in [0.15, 0.2) is 34.2 Å². The van der Waals surface area contributed by atoms with Gasteiger partial charge in [0.15, 0.2) is 5.96 Å². The Morgan fingerprint density at radius 2 is 1.90 bits per heavy atom. The van der Waals surface area contributed by atoms with E-state index in [9.17, 15) is 0 Å². The summed E-state index contributed by atoms with van der Waals surface area (Å²) >= 11 is 1.75. The second-order valence-corrected chi connectivity index (χ2v) is 5.42. The van der Waals surface area contributed by atoms with E-state index in [2.05, 4.69) is 47.8 Å². The van der Waals surface area contributed by atoms with Crippen molar-refractivity contribution in [2.75, 3.05) is 12.8 Å². The number of nitrogens with zero attached hydrogens (tertiary/aromatic N) is 1. The van der Waals surface area contributed by atoms with Crippen molar-refractivity contribution in [2.45, 2.75) is 44.0 Å². The Bertz CT molecular complexity index is 379. The number of aliphatic imine (C=N–C) groups is 1. The molecule has 0 spiro atoms. The van der Waals surface area contributed by atoms with Crippen molar-refractivity contribution in [3.63, 3.8) is 0 Å². The van der Waals surface area contributed by atoms with E-state index in [1.54, 1.807) is 11.8 Å². The van der Waals surface area contributed by atoms with Crippen LogP contribution in [-0.4, -0.2) is 18.8 Å². The molecular weight excluding hydrogens is 381 g/mol. The molecule has 0 atom stereocenters. The SMILES string of the molecule is CCCCCCNC(N)=NCc1ccc(SC)cc1.I. The summed E-state index contributed by atoms with van der Waals surface area (Å²) in [5.41, 5.74) is 7.02. The summed E-state index contributed by atoms with van der Waals surface area (Å²) in [6.07, 6.45) is 7.04. The number of hydrogen-bond acceptors (Lipinski definition) is 2. The van der Waals surface area contributed by atoms with Crippen LogP contribution in [0, 0.1) is 0 Å². The highest BCUT2D eigenvalue weighted by molar-refractivity contribution is 14.0. The number of guanidine groups is 1. The van der Waals surface area contributed by atoms with E-state index in [1.807, 2.05) is 0 Å². The molecule has 0 heterocycles. The predicted molar refractivity (Wildman–Crippen MR) is 101 cm³/mol. The molecule has 0 bridgehead atoms. The van der Waals surface area contributed by atoms with Gasteiger partial charge in [0.25, 0.3) is 0 Å². The minimum absolute atomic E-state index is 0. The average Bonchev–Trinajstić information content (AvgIpc) is 2.45. The van der Waals surface area contributed by atoms with Crippen LogP contribution in [-0.2, 0) is 6.54 Å². The Morgan fingerprint density at radius 3 is 2.50 bits per heavy atom. The van der Waals surface area contributed by atoms with Gasteiger partial charge < -0.3 is 11.1 Å². The Balaban J connectivity index is 0.00000361. The molecule has 0 saturated carbocycles. The molecule has 0 amide bonds. The topological polar surface area (TPSA) is 50.4 Å². The molecule has 0 saturated heterocycles. The molecule has 3 nitrogen and oxygen atoms in total. The molecule has 0 radical (unpaired) electrons. The Kier molecular flexibility index (Phi) is 12.1. The first kappa shape index (κ1) is 19.6. The van der Waals surface area contributed by atoms with Crippen molar-refractivity contribution >= 4 is 41.7 Å². The standard InChI is InChI=1S/C15H25N3S.HI/c1-3-4-5-6-11-17-15(16)18-12-13-7-9-14(19-2)10-8-13;/h7-10H,3-6,11-12H2,1-2H3,(H3,16,17,18);1H. The number of benzene rings is 1. The minimum Gasteiger partial charge on any atom is -0.370 e. The molecule has 0 aliphatic rings. The van der Waals surface area contributed by atoms with Gasteiger partial charge in [-0.3, -0.25) is 0 Å². The molecule has 0 unspecified atom stereocenters. The summed E-state index contributed by atoms with van der Waals surface area (Å²) in [6.45, 7) is 3.77. The number of hydrogen-bond donors (Lipinski definition) is 2. The number of nitrogens with two attached hydrogens (primary N) is 1. The maximum Gasteiger partial charge on any atom is 0.188 e. The van der Waals surface area contributed by atoms with Gasteiger partial charge in [0.1, 0.15) is 0 Å². The van der Waals surface area contributed by atoms with Gasteiger partial charge in [-0.15, -0.1) is 35.7 Å². The predicted octanol–water partition coefficient (Wildman–Crippen LogP) is 4.01. The summed E-state index contributed by atoms with van der Waals surface area (Å²) in [5, 5.41) is 3.16. The fourth-order valence-electron chi connectivity index (χ4n) is 1.73. The third-order valence-electron chi connectivity index (χ3n) is 2.93. The number of halogens is 1. The van der Waals surface area contributed by atoms with Crippen LogP contribution in [0.1, 0.15) is 38.2 Å². The molecule has 0 aliphatic carbocycles. The number of rotatable bonds is 8. The van der Waals surface area contributed by atoms with E-state index in [1.165, 1.54) is 29.7 Å². The Hall–Kier alpha value is -0.430. The van der Waals surface area contributed by atoms with Gasteiger partial charge in [-0.05, 0) is 30.4 Å². The van der Waals surface area contributed by atoms with Crippen molar-refractivity contribution in [1.29, 1.82) is 0 Å². The lowest BCUT2D eigenvalue weighted by molar-refractivity contribution is 0.652. The summed E-state index contributed by atoms with van der Waals surface area (Å²) in [4.78, 5) is 5.62. The molecular formula is C15H26IN3S. The number of nitrogens with one attached hydrogen (secondary N) is 1. The molecule has 3 N–H and O–H groups in total. The second-order valence-electron chi connectivity index (χ2n) is 4.54. The van der Waals surface area contributed by atoms with Gasteiger partial charge >= 0.3 is 0 Å². The maximum atomic E-state index is 5.83. The third-order valence-corrected chi connectivity index (χ3v) is 3.67. The van der Waals surface area contributed by atoms with Crippen molar-refractivity contribution < 1.29 is 0 Å². The summed E-state index contributed by atoms with van der Waals surface area (Å²) < 4.78 is 0. The number of unbranched alkanes of at least 4 members (excludes halogenated alkanes) is 3. The smallest absolute Gasteiger partial charge is 0.188 e. The van der Waals surface area contributed by atoms with E-state index in [0.717, 1.165) is 13.0 Å². The first-order valence-corrected chi connectivity index (χ1v) is 8.15. The zero-order valence-electron chi connectivity index (χ0n) is 12.4. The van der Waals surface area contributed by atoms with Crippen molar-refractivity contribution in [3.05, 3.63) is 29.8 Å². The highest BCUT2D eigenvalue weighted by Gasteiger charge is 1.95. The van der Waals surface area contributed by atoms with Crippen LogP contribution in [0.3, 0.4) is 0 Å². The molecule has 1 rings (SSSR count). The van der Waals surface area contributed by atoms with E-state index in [-0.39, 0.29) is 24.0 Å². The van der Waals surface area contributed by atoms with Crippen LogP contribution in [0.2, 0.25) is 0 Å². The lowest BCUT2D eigenvalue weighted by Gasteiger charge is -2.05. The first-order chi connectivity index (χ1) is 9.26. The Labute approximate surface area is 144 Å². The second kappa shape index (κ2) is 12.3. The summed E-state index contributed by atoms with van der Waals surface area (Å²) in [5.74, 6) is 0.547. The Morgan fingerprint density at radius 1 is 1.20 bits per heavy atom. The fraction of sp³-hybridized carbons (Fsp3) is 0.533. The maximum absolute atomic E-state index is 5.83. The molecule has 1 aromatic carbocycles. The monoisotopic (exact) mass is 407 g/mol. The van der Waals surface area contributed by atoms with Crippen LogP contribution in [0.4, 0.5) is 0 Å². The highest BCUT2D eigenvalue weighted by atomic mass is 127. The van der Waals surface area contributed by atoms with E-state index in [4.69, 9.17) is 5.73 Å². The van der Waals surface area contributed by atoms with Gasteiger partial charge in [0.2, 0.25) is 0 Å². The van der Waals surface area contributed by atoms with Crippen molar-refractivity contribution in [1.82, 2.24) is 5.32 Å². The van der Waals surface area contributed by atoms with Crippen LogP contribution in [0.25, 0.3) is 0 Å². The molecule has 114 valence electrons. The minimum atomic E-state index is 0. The first-order valence-electron chi connectivity index (χ1n) is 6.93. The normalized spacial score (nSPS) is 11.0. The zero-order chi connectivity index (χ0) is 13.9. The van der Waals surface area contributed by atoms with Gasteiger partial charge in [0, 0.05) is 11.4 Å². The third kappa shape index (κ3) is 8.68. The van der Waals surface area contributed by atoms with Gasteiger partial charge in [-0.1, -0.05) is 38.3 Å². The largest absolute Gasteiger partial charge is 0.370 e. The van der Waals surface area contributed by atoms with Crippen LogP contribution in [0.5, 0.6) is 0 Å². The highest BCUT2D eigenvalue weighted by Crippen LogP contribution is 2.15. The fourth-order valence-corrected chi connectivity index (χ4v) is 2.14. The lowest BCUT2D eigenvalue weighted by atomic mass is 10.2. The quantitative estimate of drug-likeness (QED) is 0.225. The van der Waals surface area contributed by atoms with Crippen LogP contribution >= 0.6 is 35.7 Å².